The number of carbonyl (C=O) groups is 1. The van der Waals surface area contributed by atoms with Crippen LogP contribution in [0.4, 0.5) is 10.8 Å². The number of nitrogens with one attached hydrogen (secondary N) is 1. The van der Waals surface area contributed by atoms with E-state index in [1.165, 1.54) is 27.4 Å². The van der Waals surface area contributed by atoms with E-state index in [2.05, 4.69) is 22.1 Å². The van der Waals surface area contributed by atoms with Crippen LogP contribution in [0.15, 0.2) is 35.2 Å². The van der Waals surface area contributed by atoms with Gasteiger partial charge in [0.15, 0.2) is 10.4 Å². The minimum absolute atomic E-state index is 0.113. The molecule has 1 aliphatic heterocycles. The second-order valence-electron chi connectivity index (χ2n) is 5.83. The smallest absolute Gasteiger partial charge is 0.269 e. The van der Waals surface area contributed by atoms with Gasteiger partial charge in [0.2, 0.25) is 15.2 Å². The summed E-state index contributed by atoms with van der Waals surface area (Å²) in [5.74, 6) is 0.552. The van der Waals surface area contributed by atoms with Crippen LogP contribution in [0.2, 0.25) is 0 Å². The minimum Gasteiger partial charge on any atom is -0.476 e. The van der Waals surface area contributed by atoms with E-state index >= 15 is 0 Å². The van der Waals surface area contributed by atoms with Gasteiger partial charge in [0, 0.05) is 5.75 Å². The van der Waals surface area contributed by atoms with Gasteiger partial charge in [-0.2, -0.15) is 0 Å². The molecule has 1 amide bonds. The summed E-state index contributed by atoms with van der Waals surface area (Å²) in [6.07, 6.45) is 1.86. The van der Waals surface area contributed by atoms with Crippen LogP contribution in [0, 0.1) is 6.92 Å². The van der Waals surface area contributed by atoms with Crippen LogP contribution >= 0.6 is 23.1 Å². The third-order valence-corrected chi connectivity index (χ3v) is 6.75. The number of hydrogen-bond donors (Lipinski definition) is 1. The molecule has 1 aliphatic rings. The zero-order chi connectivity index (χ0) is 19.6. The Hall–Kier alpha value is -2.11. The van der Waals surface area contributed by atoms with Gasteiger partial charge in [-0.1, -0.05) is 35.2 Å². The maximum absolute atomic E-state index is 12.6. The largest absolute Gasteiger partial charge is 0.476 e. The number of fused-ring (bicyclic) bond motifs is 1. The summed E-state index contributed by atoms with van der Waals surface area (Å²) in [5, 5.41) is 10.9. The molecular formula is C16H18N4O4S3. The number of sulfonamides is 1. The Morgan fingerprint density at radius 1 is 1.52 bits per heavy atom. The van der Waals surface area contributed by atoms with E-state index in [1.54, 1.807) is 24.3 Å². The number of rotatable bonds is 6. The van der Waals surface area contributed by atoms with Gasteiger partial charge in [0.25, 0.3) is 5.91 Å². The summed E-state index contributed by atoms with van der Waals surface area (Å²) < 4.78 is 32.0. The molecule has 0 fully saturated rings. The summed E-state index contributed by atoms with van der Waals surface area (Å²) in [4.78, 5) is 12.6. The Labute approximate surface area is 165 Å². The van der Waals surface area contributed by atoms with Gasteiger partial charge in [-0.15, -0.1) is 16.8 Å². The highest BCUT2D eigenvalue weighted by Crippen LogP contribution is 2.36. The number of hydrogen-bond acceptors (Lipinski definition) is 8. The van der Waals surface area contributed by atoms with Crippen molar-refractivity contribution < 1.29 is 17.9 Å². The molecular weight excluding hydrogens is 408 g/mol. The Morgan fingerprint density at radius 3 is 3.00 bits per heavy atom. The van der Waals surface area contributed by atoms with Gasteiger partial charge in [0.05, 0.1) is 18.5 Å². The Bertz CT molecular complexity index is 974. The summed E-state index contributed by atoms with van der Waals surface area (Å²) in [5.41, 5.74) is 1.33. The Kier molecular flexibility index (Phi) is 5.72. The summed E-state index contributed by atoms with van der Waals surface area (Å²) in [6, 6.07) is 5.18. The number of aryl methyl sites for hydroxylation is 1. The van der Waals surface area contributed by atoms with E-state index in [-0.39, 0.29) is 6.54 Å². The van der Waals surface area contributed by atoms with E-state index < -0.39 is 22.0 Å². The minimum atomic E-state index is -3.57. The lowest BCUT2D eigenvalue weighted by molar-refractivity contribution is -0.122. The average molecular weight is 427 g/mol. The molecule has 0 bridgehead atoms. The van der Waals surface area contributed by atoms with E-state index in [9.17, 15) is 13.2 Å². The molecule has 0 spiro atoms. The molecule has 27 heavy (non-hydrogen) atoms. The van der Waals surface area contributed by atoms with Crippen LogP contribution < -0.4 is 14.4 Å². The van der Waals surface area contributed by atoms with Crippen LogP contribution in [0.1, 0.15) is 5.56 Å². The topological polar surface area (TPSA) is 101 Å². The first-order valence-corrected chi connectivity index (χ1v) is 11.6. The normalized spacial score (nSPS) is 16.4. The zero-order valence-corrected chi connectivity index (χ0v) is 17.2. The molecule has 1 aromatic carbocycles. The lowest BCUT2D eigenvalue weighted by Gasteiger charge is -2.34. The molecule has 144 valence electrons. The SMILES string of the molecule is C=CCSc1nnc(NC(=O)C2CN(S(C)(=O)=O)c3cc(C)ccc3O2)s1. The molecule has 1 unspecified atom stereocenters. The average Bonchev–Trinajstić information content (AvgIpc) is 3.05. The second-order valence-corrected chi connectivity index (χ2v) is 9.99. The fourth-order valence-electron chi connectivity index (χ4n) is 2.45. The number of aromatic nitrogens is 2. The van der Waals surface area contributed by atoms with Crippen LogP contribution in [-0.2, 0) is 14.8 Å². The molecule has 11 heteroatoms. The van der Waals surface area contributed by atoms with Gasteiger partial charge in [-0.3, -0.25) is 14.4 Å². The van der Waals surface area contributed by atoms with Gasteiger partial charge >= 0.3 is 0 Å². The molecule has 1 aromatic heterocycles. The number of thioether (sulfide) groups is 1. The van der Waals surface area contributed by atoms with Crippen LogP contribution in [0.5, 0.6) is 5.75 Å². The van der Waals surface area contributed by atoms with Crippen molar-refractivity contribution in [3.63, 3.8) is 0 Å². The maximum Gasteiger partial charge on any atom is 0.269 e. The third kappa shape index (κ3) is 4.60. The number of benzene rings is 1. The molecule has 1 N–H and O–H groups in total. The zero-order valence-electron chi connectivity index (χ0n) is 14.7. The van der Waals surface area contributed by atoms with Crippen molar-refractivity contribution in [2.24, 2.45) is 0 Å². The molecule has 0 aliphatic carbocycles. The van der Waals surface area contributed by atoms with Gasteiger partial charge in [0.1, 0.15) is 5.75 Å². The Morgan fingerprint density at radius 2 is 2.30 bits per heavy atom. The second kappa shape index (κ2) is 7.87. The highest BCUT2D eigenvalue weighted by atomic mass is 32.2. The summed E-state index contributed by atoms with van der Waals surface area (Å²) in [6.45, 7) is 5.38. The first-order chi connectivity index (χ1) is 12.8. The lowest BCUT2D eigenvalue weighted by atomic mass is 10.1. The standard InChI is InChI=1S/C16H18N4O4S3/c1-4-7-25-16-19-18-15(26-16)17-14(21)13-9-20(27(3,22)23)11-8-10(2)5-6-12(11)24-13/h4-6,8,13H,1,7,9H2,2-3H3,(H,17,18,21). The molecule has 0 saturated carbocycles. The monoisotopic (exact) mass is 426 g/mol. The Balaban J connectivity index is 1.78. The highest BCUT2D eigenvalue weighted by Gasteiger charge is 2.35. The van der Waals surface area contributed by atoms with Gasteiger partial charge in [-0.25, -0.2) is 8.42 Å². The van der Waals surface area contributed by atoms with Crippen molar-refractivity contribution >= 4 is 49.8 Å². The van der Waals surface area contributed by atoms with Crippen molar-refractivity contribution in [1.29, 1.82) is 0 Å². The summed E-state index contributed by atoms with van der Waals surface area (Å²) >= 11 is 2.69. The fraction of sp³-hybridized carbons (Fsp3) is 0.312. The van der Waals surface area contributed by atoms with Crippen LogP contribution in [0.3, 0.4) is 0 Å². The van der Waals surface area contributed by atoms with Crippen molar-refractivity contribution in [1.82, 2.24) is 10.2 Å². The molecule has 2 aromatic rings. The van der Waals surface area contributed by atoms with Crippen molar-refractivity contribution in [3.8, 4) is 5.75 Å². The van der Waals surface area contributed by atoms with Gasteiger partial charge < -0.3 is 4.74 Å². The summed E-state index contributed by atoms with van der Waals surface area (Å²) in [7, 11) is -3.57. The number of ether oxygens (including phenoxy) is 1. The fourth-order valence-corrected chi connectivity index (χ4v) is 4.87. The highest BCUT2D eigenvalue weighted by molar-refractivity contribution is 8.01. The van der Waals surface area contributed by atoms with Crippen LogP contribution in [0.25, 0.3) is 0 Å². The number of anilines is 2. The van der Waals surface area contributed by atoms with E-state index in [0.29, 0.717) is 26.7 Å². The predicted octanol–water partition coefficient (Wildman–Crippen LogP) is 2.29. The quantitative estimate of drug-likeness (QED) is 0.430. The number of carbonyl (C=O) groups excluding carboxylic acids is 1. The third-order valence-electron chi connectivity index (χ3n) is 3.64. The van der Waals surface area contributed by atoms with E-state index in [0.717, 1.165) is 11.8 Å². The molecule has 1 atom stereocenters. The number of amides is 1. The molecule has 3 rings (SSSR count). The predicted molar refractivity (Wildman–Crippen MR) is 107 cm³/mol. The van der Waals surface area contributed by atoms with Crippen molar-refractivity contribution in [2.45, 2.75) is 17.4 Å². The van der Waals surface area contributed by atoms with E-state index in [4.69, 9.17) is 4.74 Å². The van der Waals surface area contributed by atoms with Crippen molar-refractivity contribution in [3.05, 3.63) is 36.4 Å². The lowest BCUT2D eigenvalue weighted by Crippen LogP contribution is -2.48. The molecule has 8 nitrogen and oxygen atoms in total. The van der Waals surface area contributed by atoms with Gasteiger partial charge in [-0.05, 0) is 24.6 Å². The first kappa shape index (κ1) is 19.6. The maximum atomic E-state index is 12.6. The first-order valence-electron chi connectivity index (χ1n) is 7.91. The van der Waals surface area contributed by atoms with Crippen LogP contribution in [-0.4, -0.2) is 49.2 Å². The molecule has 0 saturated heterocycles. The van der Waals surface area contributed by atoms with E-state index in [1.807, 2.05) is 6.92 Å². The number of nitrogens with zero attached hydrogens (tertiary/aromatic N) is 3. The van der Waals surface area contributed by atoms with Crippen molar-refractivity contribution in [2.75, 3.05) is 28.2 Å². The molecule has 0 radical (unpaired) electrons. The molecule has 2 heterocycles.